The molecule has 4 nitrogen and oxygen atoms in total. The van der Waals surface area contributed by atoms with Gasteiger partial charge in [-0.1, -0.05) is 33.2 Å². The molecule has 1 atom stereocenters. The Morgan fingerprint density at radius 1 is 1.43 bits per heavy atom. The Balaban J connectivity index is 2.32. The molecule has 0 spiro atoms. The summed E-state index contributed by atoms with van der Waals surface area (Å²) >= 11 is 3.37. The molecule has 2 rings (SSSR count). The van der Waals surface area contributed by atoms with Crippen molar-refractivity contribution in [2.45, 2.75) is 6.04 Å². The first-order valence-corrected chi connectivity index (χ1v) is 4.84. The van der Waals surface area contributed by atoms with Gasteiger partial charge in [0.1, 0.15) is 0 Å². The van der Waals surface area contributed by atoms with E-state index in [2.05, 4.69) is 30.6 Å². The lowest BCUT2D eigenvalue weighted by molar-refractivity contribution is 0.407. The van der Waals surface area contributed by atoms with Crippen molar-refractivity contribution < 1.29 is 4.52 Å². The molecule has 1 heterocycles. The van der Waals surface area contributed by atoms with Gasteiger partial charge in [0, 0.05) is 4.47 Å². The van der Waals surface area contributed by atoms with Gasteiger partial charge < -0.3 is 10.3 Å². The fraction of sp³-hybridized carbons (Fsp3) is 0.111. The highest BCUT2D eigenvalue weighted by Gasteiger charge is 2.13. The molecule has 0 aliphatic heterocycles. The van der Waals surface area contributed by atoms with Crippen LogP contribution in [-0.2, 0) is 0 Å². The first kappa shape index (κ1) is 9.36. The molecule has 72 valence electrons. The number of nitrogens with zero attached hydrogens (tertiary/aromatic N) is 2. The molecule has 1 aromatic heterocycles. The molecule has 0 saturated heterocycles. The number of aromatic nitrogens is 2. The van der Waals surface area contributed by atoms with Crippen molar-refractivity contribution in [3.63, 3.8) is 0 Å². The molecule has 0 fully saturated rings. The van der Waals surface area contributed by atoms with Crippen LogP contribution in [0.2, 0.25) is 0 Å². The van der Waals surface area contributed by atoms with Gasteiger partial charge in [-0.05, 0) is 17.7 Å². The average Bonchev–Trinajstić information content (AvgIpc) is 2.69. The lowest BCUT2D eigenvalue weighted by Gasteiger charge is -2.06. The molecule has 2 aromatic rings. The van der Waals surface area contributed by atoms with E-state index in [1.807, 2.05) is 24.3 Å². The minimum Gasteiger partial charge on any atom is -0.343 e. The Morgan fingerprint density at radius 3 is 2.93 bits per heavy atom. The van der Waals surface area contributed by atoms with Crippen LogP contribution in [0.5, 0.6) is 0 Å². The standard InChI is InChI=1S/C9H8BrN3O/c10-7-3-1-2-6(4-7)8(11)9-12-5-14-13-9/h1-5,8H,11H2. The van der Waals surface area contributed by atoms with E-state index in [1.165, 1.54) is 6.39 Å². The second-order valence-corrected chi connectivity index (χ2v) is 3.74. The van der Waals surface area contributed by atoms with Crippen molar-refractivity contribution in [2.75, 3.05) is 0 Å². The summed E-state index contributed by atoms with van der Waals surface area (Å²) in [6.07, 6.45) is 1.27. The molecule has 14 heavy (non-hydrogen) atoms. The van der Waals surface area contributed by atoms with Gasteiger partial charge in [-0.2, -0.15) is 4.98 Å². The van der Waals surface area contributed by atoms with Gasteiger partial charge in [0.15, 0.2) is 5.82 Å². The van der Waals surface area contributed by atoms with Crippen LogP contribution in [0.4, 0.5) is 0 Å². The summed E-state index contributed by atoms with van der Waals surface area (Å²) < 4.78 is 5.62. The van der Waals surface area contributed by atoms with Gasteiger partial charge in [-0.3, -0.25) is 0 Å². The average molecular weight is 254 g/mol. The summed E-state index contributed by atoms with van der Waals surface area (Å²) in [5, 5.41) is 3.70. The van der Waals surface area contributed by atoms with Crippen LogP contribution in [0.25, 0.3) is 0 Å². The van der Waals surface area contributed by atoms with Crippen LogP contribution in [0.15, 0.2) is 39.7 Å². The predicted molar refractivity (Wildman–Crippen MR) is 54.5 cm³/mol. The maximum atomic E-state index is 5.92. The second kappa shape index (κ2) is 3.89. The van der Waals surface area contributed by atoms with Gasteiger partial charge in [0.2, 0.25) is 6.39 Å². The molecule has 2 N–H and O–H groups in total. The molecule has 0 radical (unpaired) electrons. The molecule has 1 unspecified atom stereocenters. The third-order valence-corrected chi connectivity index (χ3v) is 2.36. The van der Waals surface area contributed by atoms with Gasteiger partial charge in [0.25, 0.3) is 0 Å². The number of halogens is 1. The van der Waals surface area contributed by atoms with Gasteiger partial charge in [-0.15, -0.1) is 0 Å². The Morgan fingerprint density at radius 2 is 2.29 bits per heavy atom. The van der Waals surface area contributed by atoms with Crippen molar-refractivity contribution in [3.05, 3.63) is 46.5 Å². The Bertz CT molecular complexity index is 416. The van der Waals surface area contributed by atoms with Crippen LogP contribution < -0.4 is 5.73 Å². The summed E-state index contributed by atoms with van der Waals surface area (Å²) in [6.45, 7) is 0. The van der Waals surface area contributed by atoms with Crippen molar-refractivity contribution in [1.29, 1.82) is 0 Å². The third-order valence-electron chi connectivity index (χ3n) is 1.86. The van der Waals surface area contributed by atoms with E-state index in [4.69, 9.17) is 5.73 Å². The molecule has 1 aromatic carbocycles. The lowest BCUT2D eigenvalue weighted by atomic mass is 10.1. The van der Waals surface area contributed by atoms with Crippen molar-refractivity contribution in [3.8, 4) is 0 Å². The summed E-state index contributed by atoms with van der Waals surface area (Å²) in [4.78, 5) is 3.90. The fourth-order valence-electron chi connectivity index (χ4n) is 1.16. The minimum atomic E-state index is -0.341. The van der Waals surface area contributed by atoms with E-state index in [1.54, 1.807) is 0 Å². The first-order valence-electron chi connectivity index (χ1n) is 4.04. The maximum absolute atomic E-state index is 5.92. The van der Waals surface area contributed by atoms with Gasteiger partial charge >= 0.3 is 0 Å². The van der Waals surface area contributed by atoms with E-state index in [0.29, 0.717) is 5.82 Å². The van der Waals surface area contributed by atoms with Crippen LogP contribution >= 0.6 is 15.9 Å². The Labute approximate surface area is 89.2 Å². The maximum Gasteiger partial charge on any atom is 0.213 e. The van der Waals surface area contributed by atoms with E-state index >= 15 is 0 Å². The number of benzene rings is 1. The molecule has 0 aliphatic rings. The Kier molecular flexibility index (Phi) is 2.60. The van der Waals surface area contributed by atoms with E-state index in [-0.39, 0.29) is 6.04 Å². The van der Waals surface area contributed by atoms with Crippen molar-refractivity contribution >= 4 is 15.9 Å². The van der Waals surface area contributed by atoms with Gasteiger partial charge in [-0.25, -0.2) is 0 Å². The minimum absolute atomic E-state index is 0.341. The highest BCUT2D eigenvalue weighted by atomic mass is 79.9. The zero-order valence-corrected chi connectivity index (χ0v) is 8.81. The highest BCUT2D eigenvalue weighted by molar-refractivity contribution is 9.10. The fourth-order valence-corrected chi connectivity index (χ4v) is 1.58. The molecular formula is C9H8BrN3O. The molecule has 0 bridgehead atoms. The molecule has 0 aliphatic carbocycles. The molecule has 5 heteroatoms. The monoisotopic (exact) mass is 253 g/mol. The first-order chi connectivity index (χ1) is 6.77. The highest BCUT2D eigenvalue weighted by Crippen LogP contribution is 2.19. The number of hydrogen-bond donors (Lipinski definition) is 1. The molecule has 0 saturated carbocycles. The largest absolute Gasteiger partial charge is 0.343 e. The van der Waals surface area contributed by atoms with E-state index < -0.39 is 0 Å². The normalized spacial score (nSPS) is 12.7. The number of hydrogen-bond acceptors (Lipinski definition) is 4. The summed E-state index contributed by atoms with van der Waals surface area (Å²) in [5.74, 6) is 0.489. The van der Waals surface area contributed by atoms with Crippen LogP contribution in [0, 0.1) is 0 Å². The number of rotatable bonds is 2. The zero-order chi connectivity index (χ0) is 9.97. The van der Waals surface area contributed by atoms with Gasteiger partial charge in [0.05, 0.1) is 6.04 Å². The molecular weight excluding hydrogens is 246 g/mol. The lowest BCUT2D eigenvalue weighted by Crippen LogP contribution is -2.13. The Hall–Kier alpha value is -1.20. The predicted octanol–water partition coefficient (Wildman–Crippen LogP) is 1.88. The van der Waals surface area contributed by atoms with Crippen LogP contribution in [-0.4, -0.2) is 10.1 Å². The van der Waals surface area contributed by atoms with Crippen molar-refractivity contribution in [2.24, 2.45) is 5.73 Å². The summed E-state index contributed by atoms with van der Waals surface area (Å²) in [7, 11) is 0. The summed E-state index contributed by atoms with van der Waals surface area (Å²) in [5.41, 5.74) is 6.87. The SMILES string of the molecule is NC(c1cccc(Br)c1)c1ncon1. The molecule has 0 amide bonds. The zero-order valence-electron chi connectivity index (χ0n) is 7.22. The second-order valence-electron chi connectivity index (χ2n) is 2.82. The topological polar surface area (TPSA) is 64.9 Å². The van der Waals surface area contributed by atoms with Crippen molar-refractivity contribution in [1.82, 2.24) is 10.1 Å². The third kappa shape index (κ3) is 1.83. The van der Waals surface area contributed by atoms with E-state index in [9.17, 15) is 0 Å². The smallest absolute Gasteiger partial charge is 0.213 e. The van der Waals surface area contributed by atoms with Crippen LogP contribution in [0.3, 0.4) is 0 Å². The van der Waals surface area contributed by atoms with Crippen LogP contribution in [0.1, 0.15) is 17.4 Å². The van der Waals surface area contributed by atoms with E-state index in [0.717, 1.165) is 10.0 Å². The number of nitrogens with two attached hydrogens (primary N) is 1. The summed E-state index contributed by atoms with van der Waals surface area (Å²) in [6, 6.07) is 7.37. The quantitative estimate of drug-likeness (QED) is 0.888.